The lowest BCUT2D eigenvalue weighted by Crippen LogP contribution is -2.50. The Kier molecular flexibility index (Phi) is 11.1. The molecule has 5 rings (SSSR count). The first kappa shape index (κ1) is 32.6. The van der Waals surface area contributed by atoms with Crippen molar-refractivity contribution in [2.45, 2.75) is 44.1 Å². The molecule has 0 saturated heterocycles. The molecule has 1 aliphatic rings. The van der Waals surface area contributed by atoms with Crippen LogP contribution in [0.1, 0.15) is 45.9 Å². The van der Waals surface area contributed by atoms with Crippen LogP contribution in [0.5, 0.6) is 5.75 Å². The number of nitrogens with zero attached hydrogens (tertiary/aromatic N) is 7. The average molecular weight is 631 g/mol. The molecule has 2 N–H and O–H groups in total. The minimum absolute atomic E-state index is 0.0334. The number of amides is 1. The molecule has 12 heteroatoms. The van der Waals surface area contributed by atoms with E-state index in [1.807, 2.05) is 91.0 Å². The van der Waals surface area contributed by atoms with E-state index in [-0.39, 0.29) is 44.5 Å². The van der Waals surface area contributed by atoms with Gasteiger partial charge in [0, 0.05) is 41.4 Å². The Balaban J connectivity index is 1.64. The van der Waals surface area contributed by atoms with Crippen molar-refractivity contribution in [2.24, 2.45) is 15.2 Å². The van der Waals surface area contributed by atoms with Crippen LogP contribution < -0.4 is 10.1 Å². The number of carbonyl (C=O) groups excluding carboxylic acids is 1. The Morgan fingerprint density at radius 2 is 1.51 bits per heavy atom. The molecule has 0 bridgehead atoms. The van der Waals surface area contributed by atoms with Gasteiger partial charge in [-0.05, 0) is 63.1 Å². The summed E-state index contributed by atoms with van der Waals surface area (Å²) in [5.74, 6) is 0.524. The second-order valence-electron chi connectivity index (χ2n) is 10.9. The standard InChI is InChI=1S/C35H34N8O4/c36-42-39-23-28-12-5-4-11-27(28)21-35(34(45)38-22-25-9-2-1-3-10-25)32(31-14-7-6-13-29(31)24-40-43-37)47-33(41-35)26-15-17-30(18-16-26)46-20-8-19-44/h1-7,9-18,32,44H,8,19-24H2,(H,38,45)/t32-,35-/m0/s1. The summed E-state index contributed by atoms with van der Waals surface area (Å²) in [7, 11) is 0. The van der Waals surface area contributed by atoms with Gasteiger partial charge in [0.15, 0.2) is 11.6 Å². The predicted octanol–water partition coefficient (Wildman–Crippen LogP) is 6.88. The van der Waals surface area contributed by atoms with Crippen molar-refractivity contribution in [2.75, 3.05) is 13.2 Å². The topological polar surface area (TPSA) is 178 Å². The summed E-state index contributed by atoms with van der Waals surface area (Å²) in [6.45, 7) is 0.821. The molecule has 0 radical (unpaired) electrons. The minimum atomic E-state index is -1.51. The molecule has 0 aromatic heterocycles. The molecular weight excluding hydrogens is 596 g/mol. The van der Waals surface area contributed by atoms with Gasteiger partial charge in [-0.25, -0.2) is 4.99 Å². The highest BCUT2D eigenvalue weighted by atomic mass is 16.5. The first-order valence-corrected chi connectivity index (χ1v) is 15.2. The quantitative estimate of drug-likeness (QED) is 0.0629. The lowest BCUT2D eigenvalue weighted by molar-refractivity contribution is -0.129. The smallest absolute Gasteiger partial charge is 0.252 e. The zero-order chi connectivity index (χ0) is 32.9. The molecular formula is C35H34N8O4. The van der Waals surface area contributed by atoms with Crippen molar-refractivity contribution in [3.63, 3.8) is 0 Å². The maximum atomic E-state index is 14.7. The molecule has 4 aromatic rings. The Hall–Kier alpha value is -5.80. The second kappa shape index (κ2) is 16.0. The molecule has 0 spiro atoms. The van der Waals surface area contributed by atoms with Gasteiger partial charge in [-0.1, -0.05) is 89.1 Å². The van der Waals surface area contributed by atoms with Crippen molar-refractivity contribution in [3.05, 3.63) is 157 Å². The van der Waals surface area contributed by atoms with Crippen LogP contribution in [0.4, 0.5) is 0 Å². The maximum absolute atomic E-state index is 14.7. The van der Waals surface area contributed by atoms with E-state index in [4.69, 9.17) is 30.6 Å². The van der Waals surface area contributed by atoms with Crippen molar-refractivity contribution in [1.29, 1.82) is 0 Å². The minimum Gasteiger partial charge on any atom is -0.494 e. The number of aliphatic hydroxyl groups excluding tert-OH is 1. The van der Waals surface area contributed by atoms with E-state index in [9.17, 15) is 4.79 Å². The highest BCUT2D eigenvalue weighted by Crippen LogP contribution is 2.44. The zero-order valence-electron chi connectivity index (χ0n) is 25.6. The van der Waals surface area contributed by atoms with E-state index in [1.54, 1.807) is 12.1 Å². The molecule has 2 atom stereocenters. The van der Waals surface area contributed by atoms with Gasteiger partial charge < -0.3 is 19.9 Å². The van der Waals surface area contributed by atoms with Gasteiger partial charge in [0.2, 0.25) is 5.90 Å². The van der Waals surface area contributed by atoms with Crippen LogP contribution in [0.25, 0.3) is 20.9 Å². The van der Waals surface area contributed by atoms with Crippen molar-refractivity contribution < 1.29 is 19.4 Å². The molecule has 12 nitrogen and oxygen atoms in total. The summed E-state index contributed by atoms with van der Waals surface area (Å²) in [5, 5.41) is 19.8. The number of aliphatic imine (C=N–C) groups is 1. The van der Waals surface area contributed by atoms with Crippen LogP contribution in [0.3, 0.4) is 0 Å². The molecule has 1 amide bonds. The van der Waals surface area contributed by atoms with Gasteiger partial charge in [0.25, 0.3) is 5.91 Å². The van der Waals surface area contributed by atoms with Crippen LogP contribution in [-0.2, 0) is 35.6 Å². The number of benzene rings is 4. The number of rotatable bonds is 15. The lowest BCUT2D eigenvalue weighted by atomic mass is 9.79. The number of ether oxygens (including phenoxy) is 2. The van der Waals surface area contributed by atoms with E-state index >= 15 is 0 Å². The van der Waals surface area contributed by atoms with E-state index in [0.29, 0.717) is 35.5 Å². The van der Waals surface area contributed by atoms with E-state index in [1.165, 1.54) is 0 Å². The number of carbonyl (C=O) groups is 1. The van der Waals surface area contributed by atoms with Gasteiger partial charge in [0.05, 0.1) is 19.7 Å². The Morgan fingerprint density at radius 1 is 0.872 bits per heavy atom. The fraction of sp³-hybridized carbons (Fsp3) is 0.257. The number of nitrogens with one attached hydrogen (secondary N) is 1. The third-order valence-electron chi connectivity index (χ3n) is 7.85. The van der Waals surface area contributed by atoms with E-state index in [2.05, 4.69) is 25.4 Å². The van der Waals surface area contributed by atoms with Gasteiger partial charge >= 0.3 is 0 Å². The molecule has 0 unspecified atom stereocenters. The van der Waals surface area contributed by atoms with Gasteiger partial charge in [-0.15, -0.1) is 0 Å². The summed E-state index contributed by atoms with van der Waals surface area (Å²) in [4.78, 5) is 25.6. The second-order valence-corrected chi connectivity index (χ2v) is 10.9. The summed E-state index contributed by atoms with van der Waals surface area (Å²) in [6.07, 6.45) is -0.278. The van der Waals surface area contributed by atoms with Gasteiger partial charge in [-0.3, -0.25) is 4.79 Å². The number of aliphatic hydroxyl groups is 1. The molecule has 1 aliphatic heterocycles. The summed E-state index contributed by atoms with van der Waals surface area (Å²) >= 11 is 0. The Morgan fingerprint density at radius 3 is 2.21 bits per heavy atom. The number of hydrogen-bond acceptors (Lipinski definition) is 7. The first-order valence-electron chi connectivity index (χ1n) is 15.2. The number of hydrogen-bond donors (Lipinski definition) is 2. The number of azide groups is 2. The zero-order valence-corrected chi connectivity index (χ0v) is 25.6. The van der Waals surface area contributed by atoms with Gasteiger partial charge in [0.1, 0.15) is 5.75 Å². The Bertz CT molecular complexity index is 1800. The molecule has 47 heavy (non-hydrogen) atoms. The molecule has 1 heterocycles. The fourth-order valence-corrected chi connectivity index (χ4v) is 5.51. The van der Waals surface area contributed by atoms with E-state index < -0.39 is 11.6 Å². The molecule has 0 aliphatic carbocycles. The van der Waals surface area contributed by atoms with Gasteiger partial charge in [-0.2, -0.15) is 0 Å². The van der Waals surface area contributed by atoms with Crippen LogP contribution >= 0.6 is 0 Å². The molecule has 0 fully saturated rings. The summed E-state index contributed by atoms with van der Waals surface area (Å²) in [5.41, 5.74) is 21.1. The van der Waals surface area contributed by atoms with Crippen LogP contribution in [-0.4, -0.2) is 35.7 Å². The van der Waals surface area contributed by atoms with Crippen LogP contribution in [0.2, 0.25) is 0 Å². The van der Waals surface area contributed by atoms with E-state index in [0.717, 1.165) is 16.7 Å². The fourth-order valence-electron chi connectivity index (χ4n) is 5.51. The highest BCUT2D eigenvalue weighted by Gasteiger charge is 2.54. The third-order valence-corrected chi connectivity index (χ3v) is 7.85. The van der Waals surface area contributed by atoms with Crippen molar-refractivity contribution >= 4 is 11.8 Å². The monoisotopic (exact) mass is 630 g/mol. The third kappa shape index (κ3) is 7.89. The molecule has 0 saturated carbocycles. The van der Waals surface area contributed by atoms with Crippen molar-refractivity contribution in [1.82, 2.24) is 5.32 Å². The average Bonchev–Trinajstić information content (AvgIpc) is 3.50. The largest absolute Gasteiger partial charge is 0.494 e. The molecule has 4 aromatic carbocycles. The maximum Gasteiger partial charge on any atom is 0.252 e. The highest BCUT2D eigenvalue weighted by molar-refractivity contribution is 6.01. The SMILES string of the molecule is [N-]=[N+]=NCc1ccccc1C[C@]1(C(=O)NCc2ccccc2)N=C(c2ccc(OCCCO)cc2)O[C@H]1c1ccccc1CN=[N+]=[N-]. The first-order chi connectivity index (χ1) is 23.1. The van der Waals surface area contributed by atoms with Crippen LogP contribution in [0, 0.1) is 0 Å². The normalized spacial score (nSPS) is 16.6. The van der Waals surface area contributed by atoms with Crippen molar-refractivity contribution in [3.8, 4) is 5.75 Å². The lowest BCUT2D eigenvalue weighted by Gasteiger charge is -2.32. The predicted molar refractivity (Wildman–Crippen MR) is 177 cm³/mol. The Labute approximate surface area is 272 Å². The summed E-state index contributed by atoms with van der Waals surface area (Å²) in [6, 6.07) is 31.6. The molecule has 238 valence electrons. The summed E-state index contributed by atoms with van der Waals surface area (Å²) < 4.78 is 12.4. The van der Waals surface area contributed by atoms with Crippen LogP contribution in [0.15, 0.2) is 118 Å².